The molecule has 1 aromatic heterocycles. The van der Waals surface area contributed by atoms with E-state index < -0.39 is 23.3 Å². The van der Waals surface area contributed by atoms with Gasteiger partial charge < -0.3 is 9.88 Å². The van der Waals surface area contributed by atoms with Crippen LogP contribution in [0.15, 0.2) is 22.8 Å². The molecule has 152 valence electrons. The van der Waals surface area contributed by atoms with Gasteiger partial charge in [-0.2, -0.15) is 0 Å². The first-order chi connectivity index (χ1) is 13.4. The van der Waals surface area contributed by atoms with Gasteiger partial charge in [0.1, 0.15) is 5.82 Å². The van der Waals surface area contributed by atoms with E-state index in [9.17, 15) is 18.8 Å². The van der Waals surface area contributed by atoms with E-state index in [0.29, 0.717) is 10.2 Å². The monoisotopic (exact) mass is 461 g/mol. The van der Waals surface area contributed by atoms with Gasteiger partial charge in [-0.1, -0.05) is 20.8 Å². The summed E-state index contributed by atoms with van der Waals surface area (Å²) in [7, 11) is 1.58. The summed E-state index contributed by atoms with van der Waals surface area (Å²) in [5, 5.41) is 2.60. The molecule has 0 aliphatic rings. The predicted octanol–water partition coefficient (Wildman–Crippen LogP) is 5.23. The highest BCUT2D eigenvalue weighted by atomic mass is 79.9. The number of hydrogen-bond acceptors (Lipinski definition) is 3. The zero-order chi connectivity index (χ0) is 22.1. The minimum Gasteiger partial charge on any atom is -0.335 e. The smallest absolute Gasteiger partial charge is 0.258 e. The van der Waals surface area contributed by atoms with Crippen LogP contribution in [0.4, 0.5) is 15.8 Å². The van der Waals surface area contributed by atoms with Crippen molar-refractivity contribution >= 4 is 44.8 Å². The van der Waals surface area contributed by atoms with Crippen molar-refractivity contribution in [3.8, 4) is 0 Å². The molecule has 1 amide bonds. The highest BCUT2D eigenvalue weighted by Gasteiger charge is 2.30. The van der Waals surface area contributed by atoms with Crippen LogP contribution in [-0.4, -0.2) is 22.0 Å². The minimum atomic E-state index is -0.680. The van der Waals surface area contributed by atoms with E-state index in [2.05, 4.69) is 26.1 Å². The number of rotatable bonds is 5. The lowest BCUT2D eigenvalue weighted by molar-refractivity contribution is -0.116. The molecule has 0 spiro atoms. The van der Waals surface area contributed by atoms with Gasteiger partial charge in [-0.3, -0.25) is 14.4 Å². The Hall–Kier alpha value is -2.79. The summed E-state index contributed by atoms with van der Waals surface area (Å²) in [6.45, 7) is 14.2. The van der Waals surface area contributed by atoms with Crippen LogP contribution < -0.4 is 5.32 Å². The van der Waals surface area contributed by atoms with Crippen molar-refractivity contribution in [3.63, 3.8) is 0 Å². The molecule has 0 saturated carbocycles. The van der Waals surface area contributed by atoms with Crippen LogP contribution >= 0.6 is 15.9 Å². The number of carbonyl (C=O) groups is 3. The second-order valence-electron chi connectivity index (χ2n) is 7.92. The highest BCUT2D eigenvalue weighted by molar-refractivity contribution is 9.10. The summed E-state index contributed by atoms with van der Waals surface area (Å²) in [4.78, 5) is 41.0. The minimum absolute atomic E-state index is 0.0879. The average Bonchev–Trinajstić information content (AvgIpc) is 2.83. The van der Waals surface area contributed by atoms with E-state index in [-0.39, 0.29) is 34.5 Å². The lowest BCUT2D eigenvalue weighted by Crippen LogP contribution is -2.23. The van der Waals surface area contributed by atoms with E-state index >= 15 is 0 Å². The summed E-state index contributed by atoms with van der Waals surface area (Å²) in [6, 6.07) is 3.66. The van der Waals surface area contributed by atoms with E-state index in [1.165, 1.54) is 16.7 Å². The maximum atomic E-state index is 13.5. The SMILES string of the molecule is [C-]#[N+]c1cc(NC(=O)c2c(C)c(C(=O)C(=O)CC(C)(C)C)n(C)c2Br)ccc1F. The molecule has 0 bridgehead atoms. The quantitative estimate of drug-likeness (QED) is 0.376. The van der Waals surface area contributed by atoms with Crippen molar-refractivity contribution in [2.45, 2.75) is 34.1 Å². The lowest BCUT2D eigenvalue weighted by Gasteiger charge is -2.16. The Labute approximate surface area is 177 Å². The Morgan fingerprint density at radius 3 is 2.45 bits per heavy atom. The van der Waals surface area contributed by atoms with Gasteiger partial charge in [-0.05, 0) is 52.0 Å². The van der Waals surface area contributed by atoms with Crippen molar-refractivity contribution in [2.24, 2.45) is 12.5 Å². The molecule has 2 aromatic rings. The summed E-state index contributed by atoms with van der Waals surface area (Å²) < 4.78 is 15.3. The fraction of sp³-hybridized carbons (Fsp3) is 0.333. The van der Waals surface area contributed by atoms with Gasteiger partial charge in [0, 0.05) is 19.2 Å². The lowest BCUT2D eigenvalue weighted by atomic mass is 9.88. The maximum Gasteiger partial charge on any atom is 0.258 e. The summed E-state index contributed by atoms with van der Waals surface area (Å²) in [6.07, 6.45) is 0.0879. The average molecular weight is 462 g/mol. The van der Waals surface area contributed by atoms with Crippen molar-refractivity contribution in [2.75, 3.05) is 5.32 Å². The molecule has 0 fully saturated rings. The molecule has 8 heteroatoms. The summed E-state index contributed by atoms with van der Waals surface area (Å²) in [5.74, 6) is -2.41. The van der Waals surface area contributed by atoms with Crippen molar-refractivity contribution < 1.29 is 18.8 Å². The summed E-state index contributed by atoms with van der Waals surface area (Å²) >= 11 is 3.31. The number of carbonyl (C=O) groups excluding carboxylic acids is 3. The normalized spacial score (nSPS) is 11.1. The van der Waals surface area contributed by atoms with E-state index in [0.717, 1.165) is 6.07 Å². The third kappa shape index (κ3) is 4.80. The zero-order valence-corrected chi connectivity index (χ0v) is 18.4. The number of ketones is 2. The second-order valence-corrected chi connectivity index (χ2v) is 8.67. The van der Waals surface area contributed by atoms with Gasteiger partial charge in [0.05, 0.1) is 22.4 Å². The summed E-state index contributed by atoms with van der Waals surface area (Å²) in [5.41, 5.74) is 0.374. The molecule has 1 N–H and O–H groups in total. The van der Waals surface area contributed by atoms with E-state index in [1.807, 2.05) is 20.8 Å². The number of halogens is 2. The maximum absolute atomic E-state index is 13.5. The fourth-order valence-corrected chi connectivity index (χ4v) is 3.60. The van der Waals surface area contributed by atoms with Crippen LogP contribution in [0, 0.1) is 24.7 Å². The molecular formula is C21H21BrFN3O3. The Kier molecular flexibility index (Phi) is 6.43. The van der Waals surface area contributed by atoms with Gasteiger partial charge in [-0.25, -0.2) is 9.24 Å². The van der Waals surface area contributed by atoms with Gasteiger partial charge >= 0.3 is 0 Å². The topological polar surface area (TPSA) is 72.5 Å². The van der Waals surface area contributed by atoms with E-state index in [4.69, 9.17) is 6.57 Å². The van der Waals surface area contributed by atoms with Crippen molar-refractivity contribution in [1.82, 2.24) is 4.57 Å². The predicted molar refractivity (Wildman–Crippen MR) is 112 cm³/mol. The first kappa shape index (κ1) is 22.5. The van der Waals surface area contributed by atoms with Crippen molar-refractivity contribution in [1.29, 1.82) is 0 Å². The number of nitrogens with one attached hydrogen (secondary N) is 1. The second kappa shape index (κ2) is 8.29. The Balaban J connectivity index is 2.39. The highest BCUT2D eigenvalue weighted by Crippen LogP contribution is 2.30. The van der Waals surface area contributed by atoms with Crippen LogP contribution in [0.5, 0.6) is 0 Å². The fourth-order valence-electron chi connectivity index (χ4n) is 2.94. The van der Waals surface area contributed by atoms with Gasteiger partial charge in [0.15, 0.2) is 0 Å². The number of aromatic nitrogens is 1. The van der Waals surface area contributed by atoms with Crippen LogP contribution in [0.25, 0.3) is 4.85 Å². The molecule has 6 nitrogen and oxygen atoms in total. The van der Waals surface area contributed by atoms with Crippen LogP contribution in [0.3, 0.4) is 0 Å². The van der Waals surface area contributed by atoms with E-state index in [1.54, 1.807) is 14.0 Å². The molecular weight excluding hydrogens is 441 g/mol. The van der Waals surface area contributed by atoms with Crippen LogP contribution in [0.2, 0.25) is 0 Å². The molecule has 29 heavy (non-hydrogen) atoms. The zero-order valence-electron chi connectivity index (χ0n) is 16.8. The third-order valence-corrected chi connectivity index (χ3v) is 5.21. The molecule has 2 rings (SSSR count). The molecule has 1 heterocycles. The standard InChI is InChI=1S/C21H21BrFN3O3/c1-11-16(20(29)25-12-7-8-13(23)14(9-12)24-5)19(22)26(6)17(11)18(28)15(27)10-21(2,3)4/h7-9H,10H2,1-4,6H3,(H,25,29). The number of hydrogen-bond donors (Lipinski definition) is 1. The van der Waals surface area contributed by atoms with Gasteiger partial charge in [0.25, 0.3) is 5.91 Å². The molecule has 0 radical (unpaired) electrons. The van der Waals surface area contributed by atoms with Gasteiger partial charge in [-0.15, -0.1) is 0 Å². The first-order valence-electron chi connectivity index (χ1n) is 8.78. The molecule has 1 aromatic carbocycles. The number of amides is 1. The van der Waals surface area contributed by atoms with Crippen LogP contribution in [0.1, 0.15) is 53.6 Å². The van der Waals surface area contributed by atoms with Crippen LogP contribution in [-0.2, 0) is 11.8 Å². The first-order valence-corrected chi connectivity index (χ1v) is 9.57. The number of nitrogens with zero attached hydrogens (tertiary/aromatic N) is 2. The third-order valence-electron chi connectivity index (χ3n) is 4.28. The Bertz CT molecular complexity index is 1060. The molecule has 0 aliphatic carbocycles. The number of Topliss-reactive ketones (excluding diaryl/α,β-unsaturated/α-hetero) is 2. The Morgan fingerprint density at radius 1 is 1.28 bits per heavy atom. The number of anilines is 1. The molecule has 0 unspecified atom stereocenters. The molecule has 0 atom stereocenters. The molecule has 0 saturated heterocycles. The number of benzene rings is 1. The van der Waals surface area contributed by atoms with Crippen molar-refractivity contribution in [3.05, 3.63) is 56.9 Å². The Morgan fingerprint density at radius 2 is 1.90 bits per heavy atom. The molecule has 0 aliphatic heterocycles. The largest absolute Gasteiger partial charge is 0.335 e. The van der Waals surface area contributed by atoms with Gasteiger partial charge in [0.2, 0.25) is 17.3 Å².